The van der Waals surface area contributed by atoms with Gasteiger partial charge in [-0.1, -0.05) is 60.7 Å². The molecule has 0 aromatic heterocycles. The van der Waals surface area contributed by atoms with Crippen molar-refractivity contribution in [1.29, 1.82) is 0 Å². The summed E-state index contributed by atoms with van der Waals surface area (Å²) in [5, 5.41) is 5.41. The van der Waals surface area contributed by atoms with Gasteiger partial charge in [-0.2, -0.15) is 0 Å². The number of carbonyl (C=O) groups excluding carboxylic acids is 2. The number of carbonyl (C=O) groups is 2. The smallest absolute Gasteiger partial charge is 0.319 e. The molecule has 0 spiro atoms. The number of anilines is 1. The van der Waals surface area contributed by atoms with Crippen molar-refractivity contribution >= 4 is 17.6 Å². The molecule has 4 rings (SSSR count). The maximum atomic E-state index is 12.7. The Morgan fingerprint density at radius 1 is 0.829 bits per heavy atom. The minimum Gasteiger partial charge on any atom is -0.494 e. The van der Waals surface area contributed by atoms with Crippen LogP contribution in [0.3, 0.4) is 0 Å². The molecule has 3 amide bonds. The monoisotopic (exact) mass is 472 g/mol. The van der Waals surface area contributed by atoms with Gasteiger partial charge in [0.25, 0.3) is 0 Å². The summed E-state index contributed by atoms with van der Waals surface area (Å²) in [5.74, 6) is 0.664. The van der Waals surface area contributed by atoms with Crippen LogP contribution in [-0.4, -0.2) is 61.1 Å². The zero-order chi connectivity index (χ0) is 24.5. The number of amides is 3. The largest absolute Gasteiger partial charge is 0.494 e. The van der Waals surface area contributed by atoms with Gasteiger partial charge in [-0.25, -0.2) is 4.79 Å². The zero-order valence-electron chi connectivity index (χ0n) is 20.0. The van der Waals surface area contributed by atoms with Crippen molar-refractivity contribution < 1.29 is 14.3 Å². The molecule has 35 heavy (non-hydrogen) atoms. The number of ether oxygens (including phenoxy) is 1. The first-order valence-electron chi connectivity index (χ1n) is 12.0. The molecule has 7 nitrogen and oxygen atoms in total. The van der Waals surface area contributed by atoms with Crippen LogP contribution >= 0.6 is 0 Å². The maximum absolute atomic E-state index is 12.7. The average Bonchev–Trinajstić information content (AvgIpc) is 2.90. The van der Waals surface area contributed by atoms with E-state index in [-0.39, 0.29) is 18.5 Å². The Bertz CT molecular complexity index is 1040. The van der Waals surface area contributed by atoms with Gasteiger partial charge in [-0.3, -0.25) is 9.69 Å². The predicted molar refractivity (Wildman–Crippen MR) is 138 cm³/mol. The van der Waals surface area contributed by atoms with Gasteiger partial charge in [0.15, 0.2) is 0 Å². The lowest BCUT2D eigenvalue weighted by molar-refractivity contribution is -0.132. The number of urea groups is 1. The summed E-state index contributed by atoms with van der Waals surface area (Å²) in [7, 11) is 0. The number of rotatable bonds is 8. The molecule has 1 saturated heterocycles. The third-order valence-electron chi connectivity index (χ3n) is 6.09. The number of nitrogens with one attached hydrogen (secondary N) is 2. The topological polar surface area (TPSA) is 73.9 Å². The first kappa shape index (κ1) is 24.3. The van der Waals surface area contributed by atoms with Gasteiger partial charge in [0.2, 0.25) is 5.91 Å². The first-order chi connectivity index (χ1) is 17.1. The van der Waals surface area contributed by atoms with Crippen LogP contribution in [0.25, 0.3) is 0 Å². The van der Waals surface area contributed by atoms with E-state index in [1.54, 1.807) is 24.3 Å². The minimum atomic E-state index is -0.408. The van der Waals surface area contributed by atoms with Crippen LogP contribution in [0.5, 0.6) is 5.75 Å². The quantitative estimate of drug-likeness (QED) is 0.517. The Hall–Kier alpha value is -3.84. The molecule has 2 N–H and O–H groups in total. The summed E-state index contributed by atoms with van der Waals surface area (Å²) in [6, 6.07) is 27.8. The number of nitrogens with zero attached hydrogens (tertiary/aromatic N) is 2. The molecule has 0 aliphatic carbocycles. The summed E-state index contributed by atoms with van der Waals surface area (Å²) in [4.78, 5) is 29.2. The molecule has 3 aromatic rings. The van der Waals surface area contributed by atoms with Crippen LogP contribution in [0.4, 0.5) is 10.5 Å². The highest BCUT2D eigenvalue weighted by Crippen LogP contribution is 2.29. The molecule has 1 heterocycles. The van der Waals surface area contributed by atoms with Crippen molar-refractivity contribution in [2.75, 3.05) is 44.6 Å². The predicted octanol–water partition coefficient (Wildman–Crippen LogP) is 4.14. The summed E-state index contributed by atoms with van der Waals surface area (Å²) < 4.78 is 5.40. The van der Waals surface area contributed by atoms with Crippen LogP contribution < -0.4 is 15.4 Å². The van der Waals surface area contributed by atoms with Crippen LogP contribution in [0, 0.1) is 0 Å². The minimum absolute atomic E-state index is 0.0380. The van der Waals surface area contributed by atoms with Gasteiger partial charge < -0.3 is 20.3 Å². The van der Waals surface area contributed by atoms with E-state index in [4.69, 9.17) is 4.74 Å². The van der Waals surface area contributed by atoms with Crippen molar-refractivity contribution in [2.45, 2.75) is 13.0 Å². The van der Waals surface area contributed by atoms with Crippen LogP contribution in [0.1, 0.15) is 24.1 Å². The summed E-state index contributed by atoms with van der Waals surface area (Å²) >= 11 is 0. The van der Waals surface area contributed by atoms with Gasteiger partial charge in [-0.05, 0) is 42.3 Å². The van der Waals surface area contributed by atoms with Gasteiger partial charge >= 0.3 is 6.03 Å². The molecular weight excluding hydrogens is 440 g/mol. The highest BCUT2D eigenvalue weighted by atomic mass is 16.5. The highest BCUT2D eigenvalue weighted by molar-refractivity contribution is 5.92. The molecule has 1 fully saturated rings. The van der Waals surface area contributed by atoms with E-state index in [1.165, 1.54) is 11.1 Å². The van der Waals surface area contributed by atoms with E-state index in [2.05, 4.69) is 64.1 Å². The SMILES string of the molecule is CCOc1ccc(NC(=O)NCC(=O)N2CCN(C(c3ccccc3)c3ccccc3)CC2)cc1. The van der Waals surface area contributed by atoms with E-state index in [9.17, 15) is 9.59 Å². The Kier molecular flexibility index (Phi) is 8.35. The lowest BCUT2D eigenvalue weighted by Gasteiger charge is -2.39. The Morgan fingerprint density at radius 3 is 1.94 bits per heavy atom. The fourth-order valence-electron chi connectivity index (χ4n) is 4.36. The maximum Gasteiger partial charge on any atom is 0.319 e. The first-order valence-corrected chi connectivity index (χ1v) is 12.0. The van der Waals surface area contributed by atoms with E-state index >= 15 is 0 Å². The summed E-state index contributed by atoms with van der Waals surface area (Å²) in [6.45, 7) is 5.24. The summed E-state index contributed by atoms with van der Waals surface area (Å²) in [5.41, 5.74) is 3.12. The van der Waals surface area contributed by atoms with Crippen molar-refractivity contribution in [2.24, 2.45) is 0 Å². The van der Waals surface area contributed by atoms with Crippen molar-refractivity contribution in [3.63, 3.8) is 0 Å². The van der Waals surface area contributed by atoms with Crippen LogP contribution in [0.2, 0.25) is 0 Å². The normalized spacial score (nSPS) is 13.9. The third kappa shape index (κ3) is 6.61. The van der Waals surface area contributed by atoms with Crippen molar-refractivity contribution in [3.8, 4) is 5.75 Å². The second kappa shape index (κ2) is 12.0. The van der Waals surface area contributed by atoms with Gasteiger partial charge in [0.05, 0.1) is 19.2 Å². The zero-order valence-corrected chi connectivity index (χ0v) is 20.0. The molecule has 1 aliphatic heterocycles. The Morgan fingerprint density at radius 2 is 1.40 bits per heavy atom. The van der Waals surface area contributed by atoms with Gasteiger partial charge in [0.1, 0.15) is 5.75 Å². The van der Waals surface area contributed by atoms with E-state index in [1.807, 2.05) is 24.0 Å². The Balaban J connectivity index is 1.28. The molecule has 0 unspecified atom stereocenters. The molecule has 7 heteroatoms. The summed E-state index contributed by atoms with van der Waals surface area (Å²) in [6.07, 6.45) is 0. The molecule has 0 bridgehead atoms. The second-order valence-corrected chi connectivity index (χ2v) is 8.41. The molecular formula is C28H32N4O3. The molecule has 3 aromatic carbocycles. The number of hydrogen-bond donors (Lipinski definition) is 2. The van der Waals surface area contributed by atoms with Crippen LogP contribution in [-0.2, 0) is 4.79 Å². The fourth-order valence-corrected chi connectivity index (χ4v) is 4.36. The van der Waals surface area contributed by atoms with Gasteiger partial charge in [0, 0.05) is 31.9 Å². The highest BCUT2D eigenvalue weighted by Gasteiger charge is 2.28. The molecule has 182 valence electrons. The van der Waals surface area contributed by atoms with E-state index in [0.29, 0.717) is 25.4 Å². The number of benzene rings is 3. The number of hydrogen-bond acceptors (Lipinski definition) is 4. The lowest BCUT2D eigenvalue weighted by Crippen LogP contribution is -2.52. The second-order valence-electron chi connectivity index (χ2n) is 8.41. The average molecular weight is 473 g/mol. The molecule has 0 saturated carbocycles. The van der Waals surface area contributed by atoms with E-state index < -0.39 is 6.03 Å². The molecule has 0 atom stereocenters. The number of piperazine rings is 1. The van der Waals surface area contributed by atoms with Crippen molar-refractivity contribution in [3.05, 3.63) is 96.1 Å². The standard InChI is InChI=1S/C28H32N4O3/c1-2-35-25-15-13-24(14-16-25)30-28(34)29-21-26(33)31-17-19-32(20-18-31)27(22-9-5-3-6-10-22)23-11-7-4-8-12-23/h3-16,27H,2,17-21H2,1H3,(H2,29,30,34). The van der Waals surface area contributed by atoms with Crippen molar-refractivity contribution in [1.82, 2.24) is 15.1 Å². The van der Waals surface area contributed by atoms with Gasteiger partial charge in [-0.15, -0.1) is 0 Å². The van der Waals surface area contributed by atoms with E-state index in [0.717, 1.165) is 18.8 Å². The Labute approximate surface area is 206 Å². The molecule has 0 radical (unpaired) electrons. The fraction of sp³-hybridized carbons (Fsp3) is 0.286. The molecule has 1 aliphatic rings. The third-order valence-corrected chi connectivity index (χ3v) is 6.09. The van der Waals surface area contributed by atoms with Crippen LogP contribution in [0.15, 0.2) is 84.9 Å². The lowest BCUT2D eigenvalue weighted by atomic mass is 9.96.